The van der Waals surface area contributed by atoms with Crippen LogP contribution in [0.5, 0.6) is 0 Å². The van der Waals surface area contributed by atoms with Crippen molar-refractivity contribution < 1.29 is 4.79 Å². The highest BCUT2D eigenvalue weighted by atomic mass is 16.2. The SMILES string of the molecule is CNC1CCCN(C(=O)c2cc(C)c3c(=O)[nH]c(=O)[nH]c3n2)C1. The van der Waals surface area contributed by atoms with Gasteiger partial charge in [-0.1, -0.05) is 0 Å². The predicted octanol–water partition coefficient (Wildman–Crippen LogP) is -0.256. The number of likely N-dealkylation sites (tertiary alicyclic amines) is 1. The molecule has 0 saturated carbocycles. The Morgan fingerprint density at radius 1 is 1.39 bits per heavy atom. The fourth-order valence-corrected chi connectivity index (χ4v) is 3.02. The van der Waals surface area contributed by atoms with Crippen molar-refractivity contribution in [2.75, 3.05) is 20.1 Å². The number of likely N-dealkylation sites (N-methyl/N-ethyl adjacent to an activating group) is 1. The summed E-state index contributed by atoms with van der Waals surface area (Å²) < 4.78 is 0. The van der Waals surface area contributed by atoms with Crippen LogP contribution < -0.4 is 16.6 Å². The van der Waals surface area contributed by atoms with Crippen LogP contribution in [-0.2, 0) is 0 Å². The minimum absolute atomic E-state index is 0.143. The minimum atomic E-state index is -0.632. The molecule has 0 bridgehead atoms. The van der Waals surface area contributed by atoms with Crippen LogP contribution in [0.4, 0.5) is 0 Å². The number of H-pyrrole nitrogens is 2. The largest absolute Gasteiger partial charge is 0.336 e. The van der Waals surface area contributed by atoms with E-state index in [2.05, 4.69) is 20.3 Å². The molecule has 0 aliphatic carbocycles. The molecule has 1 unspecified atom stereocenters. The summed E-state index contributed by atoms with van der Waals surface area (Å²) in [6, 6.07) is 1.87. The van der Waals surface area contributed by atoms with Crippen LogP contribution in [0.2, 0.25) is 0 Å². The number of aryl methyl sites for hydroxylation is 1. The van der Waals surface area contributed by atoms with Gasteiger partial charge in [-0.05, 0) is 38.4 Å². The molecule has 0 spiro atoms. The lowest BCUT2D eigenvalue weighted by atomic mass is 10.1. The Kier molecular flexibility index (Phi) is 3.99. The number of hydrogen-bond acceptors (Lipinski definition) is 5. The average molecular weight is 317 g/mol. The molecule has 23 heavy (non-hydrogen) atoms. The summed E-state index contributed by atoms with van der Waals surface area (Å²) in [6.07, 6.45) is 1.97. The van der Waals surface area contributed by atoms with Gasteiger partial charge in [0.1, 0.15) is 11.3 Å². The van der Waals surface area contributed by atoms with Crippen LogP contribution in [0.3, 0.4) is 0 Å². The molecular formula is C15H19N5O3. The zero-order valence-electron chi connectivity index (χ0n) is 13.1. The summed E-state index contributed by atoms with van der Waals surface area (Å²) in [7, 11) is 1.88. The van der Waals surface area contributed by atoms with Crippen LogP contribution >= 0.6 is 0 Å². The maximum atomic E-state index is 12.7. The fourth-order valence-electron chi connectivity index (χ4n) is 3.02. The Bertz CT molecular complexity index is 870. The maximum absolute atomic E-state index is 12.7. The molecule has 3 rings (SSSR count). The van der Waals surface area contributed by atoms with E-state index >= 15 is 0 Å². The maximum Gasteiger partial charge on any atom is 0.327 e. The van der Waals surface area contributed by atoms with E-state index < -0.39 is 11.2 Å². The van der Waals surface area contributed by atoms with E-state index in [0.717, 1.165) is 12.8 Å². The molecule has 1 amide bonds. The number of nitrogens with one attached hydrogen (secondary N) is 3. The van der Waals surface area contributed by atoms with Crippen molar-refractivity contribution in [3.8, 4) is 0 Å². The Balaban J connectivity index is 2.01. The topological polar surface area (TPSA) is 111 Å². The second kappa shape index (κ2) is 5.96. The quantitative estimate of drug-likeness (QED) is 0.707. The Labute approximate surface area is 131 Å². The van der Waals surface area contributed by atoms with E-state index in [-0.39, 0.29) is 23.3 Å². The number of fused-ring (bicyclic) bond motifs is 1. The smallest absolute Gasteiger partial charge is 0.327 e. The van der Waals surface area contributed by atoms with Crippen LogP contribution in [-0.4, -0.2) is 51.9 Å². The van der Waals surface area contributed by atoms with Crippen molar-refractivity contribution in [2.45, 2.75) is 25.8 Å². The second-order valence-corrected chi connectivity index (χ2v) is 5.84. The van der Waals surface area contributed by atoms with Crippen molar-refractivity contribution in [3.63, 3.8) is 0 Å². The van der Waals surface area contributed by atoms with Crippen molar-refractivity contribution in [1.82, 2.24) is 25.2 Å². The third kappa shape index (κ3) is 2.89. The summed E-state index contributed by atoms with van der Waals surface area (Å²) in [4.78, 5) is 46.6. The first-order valence-corrected chi connectivity index (χ1v) is 7.60. The van der Waals surface area contributed by atoms with Gasteiger partial charge in [0.25, 0.3) is 11.5 Å². The lowest BCUT2D eigenvalue weighted by Gasteiger charge is -2.32. The number of hydrogen-bond donors (Lipinski definition) is 3. The number of carbonyl (C=O) groups is 1. The highest BCUT2D eigenvalue weighted by molar-refractivity contribution is 5.95. The van der Waals surface area contributed by atoms with Crippen LogP contribution in [0.1, 0.15) is 28.9 Å². The average Bonchev–Trinajstić information content (AvgIpc) is 2.53. The molecule has 0 radical (unpaired) electrons. The first kappa shape index (κ1) is 15.4. The van der Waals surface area contributed by atoms with Gasteiger partial charge in [0.2, 0.25) is 0 Å². The van der Waals surface area contributed by atoms with Crippen molar-refractivity contribution in [2.24, 2.45) is 0 Å². The number of carbonyl (C=O) groups excluding carboxylic acids is 1. The van der Waals surface area contributed by atoms with E-state index in [1.54, 1.807) is 17.9 Å². The Morgan fingerprint density at radius 2 is 2.17 bits per heavy atom. The second-order valence-electron chi connectivity index (χ2n) is 5.84. The summed E-state index contributed by atoms with van der Waals surface area (Å²) in [6.45, 7) is 3.03. The van der Waals surface area contributed by atoms with E-state index in [1.807, 2.05) is 7.05 Å². The molecule has 3 N–H and O–H groups in total. The van der Waals surface area contributed by atoms with Gasteiger partial charge in [0, 0.05) is 19.1 Å². The summed E-state index contributed by atoms with van der Waals surface area (Å²) >= 11 is 0. The van der Waals surface area contributed by atoms with E-state index in [9.17, 15) is 14.4 Å². The molecule has 8 heteroatoms. The van der Waals surface area contributed by atoms with Gasteiger partial charge >= 0.3 is 5.69 Å². The number of rotatable bonds is 2. The number of pyridine rings is 1. The first-order chi connectivity index (χ1) is 11.0. The molecule has 1 aliphatic rings. The summed E-state index contributed by atoms with van der Waals surface area (Å²) in [5.41, 5.74) is -0.136. The van der Waals surface area contributed by atoms with Crippen LogP contribution in [0.25, 0.3) is 11.0 Å². The van der Waals surface area contributed by atoms with Crippen LogP contribution in [0, 0.1) is 6.92 Å². The molecular weight excluding hydrogens is 298 g/mol. The van der Waals surface area contributed by atoms with E-state index in [1.165, 1.54) is 0 Å². The molecule has 0 aromatic carbocycles. The third-order valence-corrected chi connectivity index (χ3v) is 4.24. The van der Waals surface area contributed by atoms with Crippen LogP contribution in [0.15, 0.2) is 15.7 Å². The monoisotopic (exact) mass is 317 g/mol. The number of amides is 1. The highest BCUT2D eigenvalue weighted by Gasteiger charge is 2.25. The zero-order chi connectivity index (χ0) is 16.6. The molecule has 2 aromatic heterocycles. The minimum Gasteiger partial charge on any atom is -0.336 e. The lowest BCUT2D eigenvalue weighted by Crippen LogP contribution is -2.47. The molecule has 1 aliphatic heterocycles. The number of piperidine rings is 1. The van der Waals surface area contributed by atoms with E-state index in [4.69, 9.17) is 0 Å². The molecule has 2 aromatic rings. The lowest BCUT2D eigenvalue weighted by molar-refractivity contribution is 0.0692. The molecule has 1 fully saturated rings. The predicted molar refractivity (Wildman–Crippen MR) is 85.7 cm³/mol. The van der Waals surface area contributed by atoms with E-state index in [0.29, 0.717) is 24.0 Å². The Hall–Kier alpha value is -2.48. The van der Waals surface area contributed by atoms with Gasteiger partial charge in [0.05, 0.1) is 5.39 Å². The number of aromatic amines is 2. The van der Waals surface area contributed by atoms with Gasteiger partial charge in [-0.25, -0.2) is 9.78 Å². The number of aromatic nitrogens is 3. The first-order valence-electron chi connectivity index (χ1n) is 7.60. The zero-order valence-corrected chi connectivity index (χ0v) is 13.1. The highest BCUT2D eigenvalue weighted by Crippen LogP contribution is 2.16. The van der Waals surface area contributed by atoms with Gasteiger partial charge in [0.15, 0.2) is 0 Å². The normalized spacial score (nSPS) is 18.3. The summed E-state index contributed by atoms with van der Waals surface area (Å²) in [5.74, 6) is -0.184. The third-order valence-electron chi connectivity index (χ3n) is 4.24. The molecule has 1 atom stereocenters. The van der Waals surface area contributed by atoms with Gasteiger partial charge in [-0.2, -0.15) is 0 Å². The molecule has 1 saturated heterocycles. The molecule has 8 nitrogen and oxygen atoms in total. The fraction of sp³-hybridized carbons (Fsp3) is 0.467. The van der Waals surface area contributed by atoms with Gasteiger partial charge in [-0.3, -0.25) is 19.6 Å². The molecule has 3 heterocycles. The van der Waals surface area contributed by atoms with Crippen molar-refractivity contribution in [1.29, 1.82) is 0 Å². The van der Waals surface area contributed by atoms with Gasteiger partial charge in [-0.15, -0.1) is 0 Å². The Morgan fingerprint density at radius 3 is 2.91 bits per heavy atom. The summed E-state index contributed by atoms with van der Waals surface area (Å²) in [5, 5.41) is 3.49. The van der Waals surface area contributed by atoms with Gasteiger partial charge < -0.3 is 10.2 Å². The van der Waals surface area contributed by atoms with Crippen molar-refractivity contribution in [3.05, 3.63) is 38.2 Å². The molecule has 122 valence electrons. The van der Waals surface area contributed by atoms with Crippen molar-refractivity contribution >= 4 is 16.9 Å². The number of nitrogens with zero attached hydrogens (tertiary/aromatic N) is 2. The standard InChI is InChI=1S/C15H19N5O3/c1-8-6-10(14(22)20-5-3-4-9(7-20)16-2)17-12-11(8)13(21)19-15(23)18-12/h6,9,16H,3-5,7H2,1-2H3,(H2,17,18,19,21,23).